The van der Waals surface area contributed by atoms with E-state index in [9.17, 15) is 13.2 Å². The fourth-order valence-corrected chi connectivity index (χ4v) is 7.11. The number of hydrogen-bond donors (Lipinski definition) is 1. The highest BCUT2D eigenvalue weighted by molar-refractivity contribution is 8.00. The van der Waals surface area contributed by atoms with Crippen LogP contribution in [0.3, 0.4) is 0 Å². The van der Waals surface area contributed by atoms with Gasteiger partial charge in [0.2, 0.25) is 15.9 Å². The molecular formula is C26H29N5O3S2. The molecule has 0 bridgehead atoms. The second kappa shape index (κ2) is 9.49. The molecule has 0 spiro atoms. The van der Waals surface area contributed by atoms with Crippen molar-refractivity contribution in [2.45, 2.75) is 55.8 Å². The predicted octanol–water partition coefficient (Wildman–Crippen LogP) is 4.71. The molecule has 1 aliphatic heterocycles. The fourth-order valence-electron chi connectivity index (χ4n) is 4.73. The Morgan fingerprint density at radius 1 is 1.00 bits per heavy atom. The Hall–Kier alpha value is -2.95. The van der Waals surface area contributed by atoms with Crippen LogP contribution in [0.25, 0.3) is 16.6 Å². The molecule has 0 radical (unpaired) electrons. The highest BCUT2D eigenvalue weighted by atomic mass is 32.2. The van der Waals surface area contributed by atoms with Crippen molar-refractivity contribution in [3.8, 4) is 0 Å². The number of hydrogen-bond acceptors (Lipinski definition) is 6. The highest BCUT2D eigenvalue weighted by Gasteiger charge is 2.27. The Morgan fingerprint density at radius 3 is 2.39 bits per heavy atom. The van der Waals surface area contributed by atoms with Crippen molar-refractivity contribution in [1.29, 1.82) is 0 Å². The summed E-state index contributed by atoms with van der Waals surface area (Å²) in [6.07, 6.45) is 1.78. The standard InChI is InChI=1S/C26H29N5O3S2/c1-16-13-18(3)24-22(14-16)17(2)15-23-28-29-26(31(23)24)35-19(4)25(32)27-20-7-9-21(10-8-20)36(33,34)30-11-5-6-12-30/h7-10,13-15,19H,5-6,11-12H2,1-4H3,(H,27,32). The van der Waals surface area contributed by atoms with Gasteiger partial charge < -0.3 is 5.32 Å². The summed E-state index contributed by atoms with van der Waals surface area (Å²) in [5, 5.41) is 13.0. The number of nitrogens with zero attached hydrogens (tertiary/aromatic N) is 4. The molecule has 1 saturated heterocycles. The highest BCUT2D eigenvalue weighted by Crippen LogP contribution is 2.31. The first kappa shape index (κ1) is 24.7. The monoisotopic (exact) mass is 523 g/mol. The Labute approximate surface area is 215 Å². The maximum atomic E-state index is 13.0. The largest absolute Gasteiger partial charge is 0.325 e. The van der Waals surface area contributed by atoms with Crippen molar-refractivity contribution in [3.63, 3.8) is 0 Å². The number of sulfonamides is 1. The molecule has 36 heavy (non-hydrogen) atoms. The minimum absolute atomic E-state index is 0.198. The van der Waals surface area contributed by atoms with Crippen LogP contribution in [-0.2, 0) is 14.8 Å². The van der Waals surface area contributed by atoms with Gasteiger partial charge in [0.15, 0.2) is 10.8 Å². The Morgan fingerprint density at radius 2 is 1.69 bits per heavy atom. The number of benzene rings is 2. The summed E-state index contributed by atoms with van der Waals surface area (Å²) in [7, 11) is -3.48. The van der Waals surface area contributed by atoms with E-state index < -0.39 is 15.3 Å². The van der Waals surface area contributed by atoms with E-state index in [1.807, 2.05) is 17.4 Å². The predicted molar refractivity (Wildman–Crippen MR) is 143 cm³/mol. The maximum Gasteiger partial charge on any atom is 0.243 e. The average Bonchev–Trinajstić information content (AvgIpc) is 3.51. The second-order valence-corrected chi connectivity index (χ2v) is 12.6. The van der Waals surface area contributed by atoms with E-state index in [1.54, 1.807) is 24.3 Å². The van der Waals surface area contributed by atoms with Crippen molar-refractivity contribution >= 4 is 49.9 Å². The van der Waals surface area contributed by atoms with Crippen LogP contribution in [0.5, 0.6) is 0 Å². The van der Waals surface area contributed by atoms with E-state index in [0.717, 1.165) is 40.5 Å². The zero-order chi connectivity index (χ0) is 25.6. The lowest BCUT2D eigenvalue weighted by molar-refractivity contribution is -0.115. The van der Waals surface area contributed by atoms with E-state index in [-0.39, 0.29) is 10.8 Å². The molecule has 1 unspecified atom stereocenters. The van der Waals surface area contributed by atoms with Gasteiger partial charge in [-0.05, 0) is 88.1 Å². The number of carbonyl (C=O) groups excluding carboxylic acids is 1. The smallest absolute Gasteiger partial charge is 0.243 e. The van der Waals surface area contributed by atoms with Crippen molar-refractivity contribution in [2.75, 3.05) is 18.4 Å². The number of aryl methyl sites for hydroxylation is 3. The van der Waals surface area contributed by atoms with Gasteiger partial charge in [0.05, 0.1) is 15.7 Å². The van der Waals surface area contributed by atoms with E-state index in [4.69, 9.17) is 0 Å². The third kappa shape index (κ3) is 4.49. The molecule has 1 fully saturated rings. The van der Waals surface area contributed by atoms with Gasteiger partial charge in [0, 0.05) is 24.2 Å². The summed E-state index contributed by atoms with van der Waals surface area (Å²) in [4.78, 5) is 13.2. The zero-order valence-electron chi connectivity index (χ0n) is 20.8. The maximum absolute atomic E-state index is 13.0. The normalized spacial score (nSPS) is 15.6. The van der Waals surface area contributed by atoms with Crippen LogP contribution in [0.15, 0.2) is 52.5 Å². The van der Waals surface area contributed by atoms with Crippen molar-refractivity contribution in [2.24, 2.45) is 0 Å². The second-order valence-electron chi connectivity index (χ2n) is 9.37. The summed E-state index contributed by atoms with van der Waals surface area (Å²) >= 11 is 1.34. The topological polar surface area (TPSA) is 96.7 Å². The first-order chi connectivity index (χ1) is 17.1. The molecule has 2 aromatic carbocycles. The van der Waals surface area contributed by atoms with E-state index in [0.29, 0.717) is 23.9 Å². The first-order valence-corrected chi connectivity index (χ1v) is 14.3. The van der Waals surface area contributed by atoms with Crippen LogP contribution >= 0.6 is 11.8 Å². The number of amides is 1. The third-order valence-electron chi connectivity index (χ3n) is 6.57. The molecule has 4 aromatic rings. The van der Waals surface area contributed by atoms with Gasteiger partial charge in [-0.2, -0.15) is 4.31 Å². The zero-order valence-corrected chi connectivity index (χ0v) is 22.4. The van der Waals surface area contributed by atoms with Gasteiger partial charge in [0.1, 0.15) is 0 Å². The minimum Gasteiger partial charge on any atom is -0.325 e. The van der Waals surface area contributed by atoms with Gasteiger partial charge in [0.25, 0.3) is 0 Å². The third-order valence-corrected chi connectivity index (χ3v) is 9.53. The van der Waals surface area contributed by atoms with E-state index in [2.05, 4.69) is 48.4 Å². The number of pyridine rings is 1. The van der Waals surface area contributed by atoms with Crippen LogP contribution in [0.4, 0.5) is 5.69 Å². The van der Waals surface area contributed by atoms with Crippen LogP contribution in [-0.4, -0.2) is 51.6 Å². The molecule has 5 rings (SSSR count). The lowest BCUT2D eigenvalue weighted by Gasteiger charge is -2.16. The molecule has 1 N–H and O–H groups in total. The number of anilines is 1. The van der Waals surface area contributed by atoms with Crippen LogP contribution in [0, 0.1) is 20.8 Å². The van der Waals surface area contributed by atoms with Crippen molar-refractivity contribution < 1.29 is 13.2 Å². The lowest BCUT2D eigenvalue weighted by Crippen LogP contribution is -2.27. The van der Waals surface area contributed by atoms with E-state index in [1.165, 1.54) is 21.6 Å². The van der Waals surface area contributed by atoms with Gasteiger partial charge in [-0.1, -0.05) is 23.4 Å². The fraction of sp³-hybridized carbons (Fsp3) is 0.346. The molecule has 1 amide bonds. The number of aromatic nitrogens is 3. The summed E-state index contributed by atoms with van der Waals surface area (Å²) in [6, 6.07) is 12.7. The molecule has 0 aliphatic carbocycles. The Bertz CT molecular complexity index is 1570. The van der Waals surface area contributed by atoms with Crippen molar-refractivity contribution in [3.05, 3.63) is 59.2 Å². The summed E-state index contributed by atoms with van der Waals surface area (Å²) in [5.41, 5.74) is 5.79. The number of fused-ring (bicyclic) bond motifs is 3. The summed E-state index contributed by atoms with van der Waals surface area (Å²) in [5.74, 6) is -0.198. The molecule has 10 heteroatoms. The molecule has 188 valence electrons. The van der Waals surface area contributed by atoms with Crippen LogP contribution in [0.1, 0.15) is 36.5 Å². The Kier molecular flexibility index (Phi) is 6.52. The summed E-state index contributed by atoms with van der Waals surface area (Å²) in [6.45, 7) is 9.16. The molecule has 8 nitrogen and oxygen atoms in total. The van der Waals surface area contributed by atoms with E-state index >= 15 is 0 Å². The minimum atomic E-state index is -3.48. The van der Waals surface area contributed by atoms with Crippen LogP contribution in [0.2, 0.25) is 0 Å². The molecule has 0 saturated carbocycles. The van der Waals surface area contributed by atoms with Gasteiger partial charge in [-0.3, -0.25) is 9.20 Å². The number of carbonyl (C=O) groups is 1. The molecule has 2 aromatic heterocycles. The number of thioether (sulfide) groups is 1. The van der Waals surface area contributed by atoms with Gasteiger partial charge in [-0.15, -0.1) is 10.2 Å². The molecule has 1 atom stereocenters. The quantitative estimate of drug-likeness (QED) is 0.368. The van der Waals surface area contributed by atoms with Crippen molar-refractivity contribution in [1.82, 2.24) is 18.9 Å². The number of rotatable bonds is 6. The SMILES string of the molecule is Cc1cc(C)c2c(c1)c(C)cc1nnc(SC(C)C(=O)Nc3ccc(S(=O)(=O)N4CCCC4)cc3)n12. The number of nitrogens with one attached hydrogen (secondary N) is 1. The van der Waals surface area contributed by atoms with Gasteiger partial charge in [-0.25, -0.2) is 8.42 Å². The molecular weight excluding hydrogens is 494 g/mol. The first-order valence-electron chi connectivity index (χ1n) is 12.0. The lowest BCUT2D eigenvalue weighted by atomic mass is 10.0. The Balaban J connectivity index is 1.35. The molecule has 1 aliphatic rings. The average molecular weight is 524 g/mol. The van der Waals surface area contributed by atoms with Crippen LogP contribution < -0.4 is 5.32 Å². The van der Waals surface area contributed by atoms with Gasteiger partial charge >= 0.3 is 0 Å². The summed E-state index contributed by atoms with van der Waals surface area (Å²) < 4.78 is 29.0. The molecule has 3 heterocycles.